The van der Waals surface area contributed by atoms with Crippen LogP contribution in [0.5, 0.6) is 5.75 Å². The molecule has 0 saturated carbocycles. The summed E-state index contributed by atoms with van der Waals surface area (Å²) in [6.07, 6.45) is 2.23. The molecule has 5 rings (SSSR count). The zero-order valence-electron chi connectivity index (χ0n) is 14.7. The minimum atomic E-state index is -0.437. The maximum atomic E-state index is 13.1. The Morgan fingerprint density at radius 2 is 2.15 bits per heavy atom. The predicted octanol–water partition coefficient (Wildman–Crippen LogP) is 4.66. The molecule has 0 aliphatic carbocycles. The first-order chi connectivity index (χ1) is 13.2. The van der Waals surface area contributed by atoms with Crippen LogP contribution in [0.3, 0.4) is 0 Å². The molecule has 2 aliphatic heterocycles. The number of piperidine rings is 1. The summed E-state index contributed by atoms with van der Waals surface area (Å²) < 4.78 is 7.11. The highest BCUT2D eigenvalue weighted by Crippen LogP contribution is 2.35. The van der Waals surface area contributed by atoms with E-state index in [1.54, 1.807) is 17.4 Å². The van der Waals surface area contributed by atoms with Crippen LogP contribution >= 0.6 is 22.9 Å². The van der Waals surface area contributed by atoms with Crippen molar-refractivity contribution in [3.63, 3.8) is 0 Å². The molecule has 2 aromatic carbocycles. The maximum absolute atomic E-state index is 13.1. The lowest BCUT2D eigenvalue weighted by molar-refractivity contribution is -0.139. The monoisotopic (exact) mass is 398 g/mol. The fraction of sp³-hybridized carbons (Fsp3) is 0.333. The number of ether oxygens (including phenoxy) is 1. The Labute approximate surface area is 166 Å². The van der Waals surface area contributed by atoms with E-state index in [9.17, 15) is 4.79 Å². The minimum absolute atomic E-state index is 0.0770. The van der Waals surface area contributed by atoms with Crippen molar-refractivity contribution in [1.82, 2.24) is 9.88 Å². The Balaban J connectivity index is 1.31. The third-order valence-electron chi connectivity index (χ3n) is 5.37. The van der Waals surface area contributed by atoms with E-state index in [-0.39, 0.29) is 5.91 Å². The van der Waals surface area contributed by atoms with E-state index in [2.05, 4.69) is 12.1 Å². The molecule has 2 unspecified atom stereocenters. The number of rotatable bonds is 2. The van der Waals surface area contributed by atoms with Gasteiger partial charge < -0.3 is 9.64 Å². The number of thiazole rings is 1. The van der Waals surface area contributed by atoms with Crippen molar-refractivity contribution >= 4 is 39.1 Å². The summed E-state index contributed by atoms with van der Waals surface area (Å²) in [5.41, 5.74) is 2.06. The van der Waals surface area contributed by atoms with Gasteiger partial charge in [0.2, 0.25) is 0 Å². The summed E-state index contributed by atoms with van der Waals surface area (Å²) in [5, 5.41) is 1.82. The van der Waals surface area contributed by atoms with Crippen molar-refractivity contribution in [2.75, 3.05) is 13.1 Å². The zero-order chi connectivity index (χ0) is 18.4. The van der Waals surface area contributed by atoms with Gasteiger partial charge in [0.05, 0.1) is 15.2 Å². The van der Waals surface area contributed by atoms with Gasteiger partial charge in [-0.1, -0.05) is 23.7 Å². The molecule has 2 aliphatic rings. The van der Waals surface area contributed by atoms with Gasteiger partial charge in [-0.15, -0.1) is 11.3 Å². The average Bonchev–Trinajstić information content (AvgIpc) is 3.31. The molecule has 6 heteroatoms. The van der Waals surface area contributed by atoms with Crippen molar-refractivity contribution in [2.24, 2.45) is 0 Å². The fourth-order valence-corrected chi connectivity index (χ4v) is 5.29. The molecule has 0 spiro atoms. The lowest BCUT2D eigenvalue weighted by Gasteiger charge is -2.33. The molecule has 4 nitrogen and oxygen atoms in total. The molecule has 1 fully saturated rings. The van der Waals surface area contributed by atoms with Gasteiger partial charge in [0.25, 0.3) is 5.91 Å². The Kier molecular flexibility index (Phi) is 4.29. The van der Waals surface area contributed by atoms with E-state index in [0.717, 1.165) is 47.8 Å². The van der Waals surface area contributed by atoms with Crippen molar-refractivity contribution in [3.8, 4) is 5.75 Å². The molecule has 1 saturated heterocycles. The van der Waals surface area contributed by atoms with Crippen LogP contribution in [-0.2, 0) is 11.2 Å². The lowest BCUT2D eigenvalue weighted by Crippen LogP contribution is -2.45. The van der Waals surface area contributed by atoms with Crippen LogP contribution in [0.1, 0.15) is 29.3 Å². The van der Waals surface area contributed by atoms with Crippen molar-refractivity contribution in [1.29, 1.82) is 0 Å². The normalized spacial score (nSPS) is 21.9. The second-order valence-electron chi connectivity index (χ2n) is 7.21. The van der Waals surface area contributed by atoms with E-state index in [1.807, 2.05) is 29.2 Å². The summed E-state index contributed by atoms with van der Waals surface area (Å²) in [7, 11) is 0. The van der Waals surface area contributed by atoms with Gasteiger partial charge in [-0.2, -0.15) is 0 Å². The van der Waals surface area contributed by atoms with Crippen molar-refractivity contribution in [3.05, 3.63) is 58.1 Å². The molecule has 138 valence electrons. The van der Waals surface area contributed by atoms with Crippen LogP contribution < -0.4 is 4.74 Å². The molecule has 1 amide bonds. The number of benzene rings is 2. The molecule has 1 aromatic heterocycles. The topological polar surface area (TPSA) is 42.4 Å². The molecule has 0 radical (unpaired) electrons. The largest absolute Gasteiger partial charge is 0.480 e. The summed E-state index contributed by atoms with van der Waals surface area (Å²) in [6.45, 7) is 1.51. The third-order valence-corrected chi connectivity index (χ3v) is 6.80. The van der Waals surface area contributed by atoms with Gasteiger partial charge in [-0.25, -0.2) is 4.98 Å². The van der Waals surface area contributed by atoms with E-state index >= 15 is 0 Å². The van der Waals surface area contributed by atoms with Crippen LogP contribution in [0.4, 0.5) is 0 Å². The van der Waals surface area contributed by atoms with E-state index in [0.29, 0.717) is 17.4 Å². The summed E-state index contributed by atoms with van der Waals surface area (Å²) in [6, 6.07) is 13.8. The third kappa shape index (κ3) is 3.19. The summed E-state index contributed by atoms with van der Waals surface area (Å²) >= 11 is 7.81. The number of likely N-dealkylation sites (tertiary alicyclic amines) is 1. The number of carbonyl (C=O) groups is 1. The van der Waals surface area contributed by atoms with Gasteiger partial charge in [-0.3, -0.25) is 4.79 Å². The predicted molar refractivity (Wildman–Crippen MR) is 108 cm³/mol. The highest BCUT2D eigenvalue weighted by atomic mass is 35.5. The minimum Gasteiger partial charge on any atom is -0.480 e. The second kappa shape index (κ2) is 6.80. The Morgan fingerprint density at radius 3 is 3.04 bits per heavy atom. The first kappa shape index (κ1) is 17.0. The van der Waals surface area contributed by atoms with E-state index < -0.39 is 6.10 Å². The number of aromatic nitrogens is 1. The first-order valence-corrected chi connectivity index (χ1v) is 10.5. The quantitative estimate of drug-likeness (QED) is 0.630. The number of fused-ring (bicyclic) bond motifs is 2. The standard InChI is InChI=1S/C21H19ClN2O2S/c22-15-7-8-17-14(10-15)11-18(26-17)21(25)24-9-3-4-13(12-24)20-23-16-5-1-2-6-19(16)27-20/h1-2,5-8,10,13,18H,3-4,9,11-12H2. The number of halogens is 1. The van der Waals surface area contributed by atoms with Gasteiger partial charge in [0.15, 0.2) is 6.10 Å². The first-order valence-electron chi connectivity index (χ1n) is 9.27. The van der Waals surface area contributed by atoms with E-state index in [1.165, 1.54) is 4.70 Å². The maximum Gasteiger partial charge on any atom is 0.264 e. The molecule has 3 aromatic rings. The van der Waals surface area contributed by atoms with Crippen LogP contribution in [-0.4, -0.2) is 35.0 Å². The molecule has 0 N–H and O–H groups in total. The molecule has 0 bridgehead atoms. The molecule has 2 atom stereocenters. The molecule has 3 heterocycles. The Bertz CT molecular complexity index is 985. The van der Waals surface area contributed by atoms with Gasteiger partial charge >= 0.3 is 0 Å². The van der Waals surface area contributed by atoms with Gasteiger partial charge in [-0.05, 0) is 48.7 Å². The zero-order valence-corrected chi connectivity index (χ0v) is 16.3. The lowest BCUT2D eigenvalue weighted by atomic mass is 9.98. The second-order valence-corrected chi connectivity index (χ2v) is 8.70. The smallest absolute Gasteiger partial charge is 0.264 e. The Morgan fingerprint density at radius 1 is 1.26 bits per heavy atom. The molecular weight excluding hydrogens is 380 g/mol. The SMILES string of the molecule is O=C(C1Cc2cc(Cl)ccc2O1)N1CCCC(c2nc3ccccc3s2)C1. The van der Waals surface area contributed by atoms with Crippen LogP contribution in [0.25, 0.3) is 10.2 Å². The number of nitrogens with zero attached hydrogens (tertiary/aromatic N) is 2. The summed E-state index contributed by atoms with van der Waals surface area (Å²) in [5.74, 6) is 1.16. The number of amides is 1. The average molecular weight is 399 g/mol. The summed E-state index contributed by atoms with van der Waals surface area (Å²) in [4.78, 5) is 19.8. The number of carbonyl (C=O) groups excluding carboxylic acids is 1. The highest BCUT2D eigenvalue weighted by molar-refractivity contribution is 7.18. The number of hydrogen-bond acceptors (Lipinski definition) is 4. The van der Waals surface area contributed by atoms with E-state index in [4.69, 9.17) is 21.3 Å². The Hall–Kier alpha value is -2.11. The van der Waals surface area contributed by atoms with Gasteiger partial charge in [0.1, 0.15) is 5.75 Å². The molecule has 27 heavy (non-hydrogen) atoms. The van der Waals surface area contributed by atoms with Gasteiger partial charge in [0, 0.05) is 30.5 Å². The van der Waals surface area contributed by atoms with Crippen LogP contribution in [0.15, 0.2) is 42.5 Å². The number of para-hydroxylation sites is 1. The van der Waals surface area contributed by atoms with Crippen LogP contribution in [0, 0.1) is 0 Å². The number of hydrogen-bond donors (Lipinski definition) is 0. The fourth-order valence-electron chi connectivity index (χ4n) is 4.00. The van der Waals surface area contributed by atoms with Crippen LogP contribution in [0.2, 0.25) is 5.02 Å². The highest BCUT2D eigenvalue weighted by Gasteiger charge is 2.35. The van der Waals surface area contributed by atoms with Crippen molar-refractivity contribution in [2.45, 2.75) is 31.3 Å². The molecular formula is C21H19ClN2O2S. The van der Waals surface area contributed by atoms with Crippen molar-refractivity contribution < 1.29 is 9.53 Å².